The van der Waals surface area contributed by atoms with Gasteiger partial charge in [0, 0.05) is 33.3 Å². The summed E-state index contributed by atoms with van der Waals surface area (Å²) in [5, 5.41) is 71.6. The van der Waals surface area contributed by atoms with Crippen molar-refractivity contribution in [3.8, 4) is 0 Å². The van der Waals surface area contributed by atoms with Crippen molar-refractivity contribution in [3.63, 3.8) is 0 Å². The molecule has 2 aromatic rings. The van der Waals surface area contributed by atoms with Crippen LogP contribution in [0.15, 0.2) is 0 Å². The van der Waals surface area contributed by atoms with Crippen molar-refractivity contribution in [2.75, 3.05) is 63.2 Å². The third-order valence-corrected chi connectivity index (χ3v) is 11.6. The van der Waals surface area contributed by atoms with E-state index in [9.17, 15) is 49.2 Å². The zero-order chi connectivity index (χ0) is 40.2. The number of halogens is 4. The van der Waals surface area contributed by atoms with Gasteiger partial charge in [-0.2, -0.15) is 0 Å². The quantitative estimate of drug-likeness (QED) is 0.0652. The molecule has 2 atom stereocenters. The summed E-state index contributed by atoms with van der Waals surface area (Å²) in [5.74, 6) is -4.19. The van der Waals surface area contributed by atoms with Crippen LogP contribution in [-0.2, 0) is 9.59 Å². The lowest BCUT2D eigenvalue weighted by Gasteiger charge is -2.21. The van der Waals surface area contributed by atoms with Gasteiger partial charge in [-0.1, -0.05) is 0 Å². The fourth-order valence-electron chi connectivity index (χ4n) is 4.59. The molecule has 2 unspecified atom stereocenters. The van der Waals surface area contributed by atoms with Crippen LogP contribution < -0.4 is 31.9 Å². The van der Waals surface area contributed by atoms with Gasteiger partial charge in [0.1, 0.15) is 13.2 Å². The van der Waals surface area contributed by atoms with E-state index in [1.807, 2.05) is 90.4 Å². The van der Waals surface area contributed by atoms with Gasteiger partial charge in [-0.15, -0.1) is 0 Å². The number of rotatable bonds is 18. The minimum absolute atomic E-state index is 0.0158. The summed E-state index contributed by atoms with van der Waals surface area (Å²) < 4.78 is 1.01. The van der Waals surface area contributed by atoms with Gasteiger partial charge in [-0.3, -0.25) is 28.8 Å². The number of benzene rings is 2. The summed E-state index contributed by atoms with van der Waals surface area (Å²) in [6, 6.07) is 0. The van der Waals surface area contributed by atoms with E-state index in [-0.39, 0.29) is 80.5 Å². The first-order valence-electron chi connectivity index (χ1n) is 15.5. The Labute approximate surface area is 358 Å². The molecular weight excluding hydrogens is 1160 g/mol. The van der Waals surface area contributed by atoms with Crippen LogP contribution >= 0.6 is 90.4 Å². The summed E-state index contributed by atoms with van der Waals surface area (Å²) in [6.07, 6.45) is -2.26. The minimum atomic E-state index is -1.23. The number of anilines is 2. The van der Waals surface area contributed by atoms with Gasteiger partial charge >= 0.3 is 0 Å². The number of nitrogens with one attached hydrogen (secondary N) is 6. The average Bonchev–Trinajstić information content (AvgIpc) is 3.12. The minimum Gasteiger partial charge on any atom is -0.394 e. The highest BCUT2D eigenvalue weighted by atomic mass is 127. The number of hydrogen-bond donors (Lipinski definition) is 12. The zero-order valence-electron chi connectivity index (χ0n) is 28.2. The first kappa shape index (κ1) is 47.1. The predicted molar refractivity (Wildman–Crippen MR) is 225 cm³/mol. The maximum atomic E-state index is 13.5. The van der Waals surface area contributed by atoms with Gasteiger partial charge in [0.05, 0.1) is 66.2 Å². The van der Waals surface area contributed by atoms with E-state index in [2.05, 4.69) is 31.9 Å². The summed E-state index contributed by atoms with van der Waals surface area (Å²) in [6.45, 7) is -0.341. The van der Waals surface area contributed by atoms with Crippen LogP contribution in [0.3, 0.4) is 0 Å². The normalized spacial score (nSPS) is 12.0. The first-order valence-corrected chi connectivity index (χ1v) is 19.8. The molecule has 0 aromatic heterocycles. The molecule has 53 heavy (non-hydrogen) atoms. The van der Waals surface area contributed by atoms with Crippen molar-refractivity contribution in [1.29, 1.82) is 0 Å². The molecule has 0 spiro atoms. The Balaban J connectivity index is 2.32. The lowest BCUT2D eigenvalue weighted by molar-refractivity contribution is -0.119. The zero-order valence-corrected chi connectivity index (χ0v) is 36.8. The maximum absolute atomic E-state index is 13.5. The van der Waals surface area contributed by atoms with Crippen LogP contribution in [0, 0.1) is 28.1 Å². The Hall–Kier alpha value is -2.06. The molecular formula is C31H38I4N6O12. The van der Waals surface area contributed by atoms with E-state index in [1.54, 1.807) is 6.92 Å². The lowest BCUT2D eigenvalue weighted by Crippen LogP contribution is -2.36. The third kappa shape index (κ3) is 12.5. The molecule has 0 saturated heterocycles. The summed E-state index contributed by atoms with van der Waals surface area (Å²) in [7, 11) is 0. The van der Waals surface area contributed by atoms with Crippen LogP contribution in [0.25, 0.3) is 0 Å². The molecule has 22 heteroatoms. The Bertz CT molecular complexity index is 1620. The Morgan fingerprint density at radius 2 is 0.849 bits per heavy atom. The highest BCUT2D eigenvalue weighted by molar-refractivity contribution is 14.1. The van der Waals surface area contributed by atoms with Gasteiger partial charge in [0.15, 0.2) is 0 Å². The van der Waals surface area contributed by atoms with Crippen molar-refractivity contribution >= 4 is 137 Å². The molecule has 6 amide bonds. The summed E-state index contributed by atoms with van der Waals surface area (Å²) >= 11 is 7.30. The monoisotopic (exact) mass is 1190 g/mol. The van der Waals surface area contributed by atoms with Crippen molar-refractivity contribution in [1.82, 2.24) is 21.3 Å². The first-order chi connectivity index (χ1) is 25.0. The Kier molecular flexibility index (Phi) is 20.0. The molecule has 0 saturated carbocycles. The van der Waals surface area contributed by atoms with E-state index in [4.69, 9.17) is 10.2 Å². The number of amides is 6. The molecule has 0 fully saturated rings. The van der Waals surface area contributed by atoms with Gasteiger partial charge in [-0.25, -0.2) is 0 Å². The van der Waals surface area contributed by atoms with E-state index >= 15 is 0 Å². The SMILES string of the molecule is Cc1c(NC(=O)CO)c(I)c(C(=O)NCCCNC(=O)c2c(C)c(NC(=O)CO)c(I)c(C(=O)NCC(O)CO)c2I)c(I)c1C(=O)NCC(O)CO. The standard InChI is InChI=1S/C31H38I4N6O12/c1-12-18(22(32)21(31(53)39-7-15(47)9-43)25(35)26(12)40-16(48)10-44)28(50)36-4-3-5-37-30(52)20-23(33)19(29(51)38-6-14(46)8-42)13(2)27(24(20)34)41-17(49)11-45/h14-15,42-47H,3-11H2,1-2H3,(H,36,50)(H,37,52)(H,38,51)(H,39,53)(H,40,48)(H,41,49). The number of carbonyl (C=O) groups excluding carboxylic acids is 6. The molecule has 2 aromatic carbocycles. The second-order valence-electron chi connectivity index (χ2n) is 11.1. The van der Waals surface area contributed by atoms with Crippen LogP contribution in [-0.4, -0.2) is 131 Å². The number of aliphatic hydroxyl groups excluding tert-OH is 6. The Morgan fingerprint density at radius 3 is 1.19 bits per heavy atom. The van der Waals surface area contributed by atoms with Crippen molar-refractivity contribution in [3.05, 3.63) is 47.7 Å². The molecule has 0 aliphatic heterocycles. The van der Waals surface area contributed by atoms with E-state index in [0.29, 0.717) is 11.1 Å². The van der Waals surface area contributed by atoms with Crippen LogP contribution in [0.1, 0.15) is 59.0 Å². The number of aliphatic hydroxyl groups is 6. The molecule has 0 aliphatic rings. The molecule has 0 aliphatic carbocycles. The molecule has 292 valence electrons. The molecule has 0 radical (unpaired) electrons. The largest absolute Gasteiger partial charge is 0.394 e. The van der Waals surface area contributed by atoms with E-state index in [1.165, 1.54) is 6.92 Å². The van der Waals surface area contributed by atoms with Gasteiger partial charge < -0.3 is 62.5 Å². The lowest BCUT2D eigenvalue weighted by atomic mass is 10.0. The van der Waals surface area contributed by atoms with Crippen molar-refractivity contribution < 1.29 is 59.4 Å². The predicted octanol–water partition coefficient (Wildman–Crippen LogP) is -0.701. The Morgan fingerprint density at radius 1 is 0.528 bits per heavy atom. The fraction of sp³-hybridized carbons (Fsp3) is 0.419. The van der Waals surface area contributed by atoms with Gasteiger partial charge in [0.25, 0.3) is 23.6 Å². The smallest absolute Gasteiger partial charge is 0.253 e. The number of hydrogen-bond acceptors (Lipinski definition) is 12. The molecule has 0 heterocycles. The van der Waals surface area contributed by atoms with Crippen LogP contribution in [0.4, 0.5) is 11.4 Å². The van der Waals surface area contributed by atoms with Crippen LogP contribution in [0.2, 0.25) is 0 Å². The van der Waals surface area contributed by atoms with Crippen molar-refractivity contribution in [2.24, 2.45) is 0 Å². The summed E-state index contributed by atoms with van der Waals surface area (Å²) in [5.41, 5.74) is 0.958. The fourth-order valence-corrected chi connectivity index (χ4v) is 10.1. The van der Waals surface area contributed by atoms with Gasteiger partial charge in [-0.05, 0) is 122 Å². The molecule has 18 nitrogen and oxygen atoms in total. The molecule has 0 bridgehead atoms. The van der Waals surface area contributed by atoms with E-state index < -0.39 is 74.1 Å². The molecule has 2 rings (SSSR count). The second-order valence-corrected chi connectivity index (χ2v) is 15.4. The van der Waals surface area contributed by atoms with Gasteiger partial charge in [0.2, 0.25) is 11.8 Å². The van der Waals surface area contributed by atoms with Crippen LogP contribution in [0.5, 0.6) is 0 Å². The third-order valence-electron chi connectivity index (χ3n) is 7.32. The highest BCUT2D eigenvalue weighted by Crippen LogP contribution is 2.36. The van der Waals surface area contributed by atoms with E-state index in [0.717, 1.165) is 0 Å². The number of carbonyl (C=O) groups is 6. The average molecular weight is 1190 g/mol. The second kappa shape index (κ2) is 22.5. The topological polar surface area (TPSA) is 296 Å². The highest BCUT2D eigenvalue weighted by Gasteiger charge is 2.29. The molecule has 12 N–H and O–H groups in total. The maximum Gasteiger partial charge on any atom is 0.253 e. The summed E-state index contributed by atoms with van der Waals surface area (Å²) in [4.78, 5) is 77.5. The van der Waals surface area contributed by atoms with Crippen molar-refractivity contribution in [2.45, 2.75) is 32.5 Å².